The number of benzene rings is 2. The molecule has 154 valence electrons. The van der Waals surface area contributed by atoms with Gasteiger partial charge in [0.15, 0.2) is 23.1 Å². The molecular formula is C20H20F3N3O3. The molecule has 0 bridgehead atoms. The zero-order valence-corrected chi connectivity index (χ0v) is 15.8. The van der Waals surface area contributed by atoms with Gasteiger partial charge in [-0.25, -0.2) is 13.2 Å². The normalized spacial score (nSPS) is 11.7. The van der Waals surface area contributed by atoms with Crippen LogP contribution in [0.25, 0.3) is 10.9 Å². The number of rotatable bonds is 6. The van der Waals surface area contributed by atoms with Crippen LogP contribution in [0.2, 0.25) is 0 Å². The van der Waals surface area contributed by atoms with Gasteiger partial charge in [0.25, 0.3) is 0 Å². The maximum atomic E-state index is 13.9. The third-order valence-electron chi connectivity index (χ3n) is 4.66. The number of halogens is 3. The standard InChI is InChI=1S/C20H20F3N3O3/c1-10-12(9-29-20-13(22)6-11(21)7-14(20)23)17-18(26(10)2)16(27)8-15(19(17)28)25-5-3-4-24/h5-8,27-28H,3-4,9,24H2,1-2H3. The molecule has 1 aromatic heterocycles. The van der Waals surface area contributed by atoms with Crippen molar-refractivity contribution in [3.63, 3.8) is 0 Å². The van der Waals surface area contributed by atoms with E-state index in [0.717, 1.165) is 0 Å². The predicted molar refractivity (Wildman–Crippen MR) is 103 cm³/mol. The van der Waals surface area contributed by atoms with Gasteiger partial charge in [0, 0.05) is 42.7 Å². The third-order valence-corrected chi connectivity index (χ3v) is 4.66. The number of nitrogens with two attached hydrogens (primary N) is 1. The Balaban J connectivity index is 2.09. The van der Waals surface area contributed by atoms with Crippen molar-refractivity contribution in [3.05, 3.63) is 46.9 Å². The summed E-state index contributed by atoms with van der Waals surface area (Å²) in [7, 11) is 1.66. The summed E-state index contributed by atoms with van der Waals surface area (Å²) in [6.07, 6.45) is 1.99. The minimum absolute atomic E-state index is 0.120. The lowest BCUT2D eigenvalue weighted by Crippen LogP contribution is -2.02. The summed E-state index contributed by atoms with van der Waals surface area (Å²) in [6, 6.07) is 2.35. The minimum atomic E-state index is -1.18. The summed E-state index contributed by atoms with van der Waals surface area (Å²) in [6.45, 7) is 1.74. The van der Waals surface area contributed by atoms with Gasteiger partial charge in [-0.1, -0.05) is 0 Å². The van der Waals surface area contributed by atoms with Crippen LogP contribution in [0.5, 0.6) is 17.2 Å². The highest BCUT2D eigenvalue weighted by Crippen LogP contribution is 2.44. The first-order valence-electron chi connectivity index (χ1n) is 8.79. The molecule has 0 aliphatic rings. The molecular weight excluding hydrogens is 387 g/mol. The second-order valence-corrected chi connectivity index (χ2v) is 6.49. The number of ether oxygens (including phenoxy) is 1. The van der Waals surface area contributed by atoms with Crippen LogP contribution < -0.4 is 10.5 Å². The van der Waals surface area contributed by atoms with Crippen molar-refractivity contribution in [3.8, 4) is 17.2 Å². The smallest absolute Gasteiger partial charge is 0.191 e. The second kappa shape index (κ2) is 8.04. The maximum Gasteiger partial charge on any atom is 0.191 e. The molecule has 6 nitrogen and oxygen atoms in total. The largest absolute Gasteiger partial charge is 0.506 e. The highest BCUT2D eigenvalue weighted by Gasteiger charge is 2.22. The molecule has 0 spiro atoms. The molecule has 0 amide bonds. The molecule has 0 radical (unpaired) electrons. The summed E-state index contributed by atoms with van der Waals surface area (Å²) in [5, 5.41) is 21.4. The van der Waals surface area contributed by atoms with Crippen molar-refractivity contribution in [2.45, 2.75) is 20.0 Å². The number of aryl methyl sites for hydroxylation is 1. The van der Waals surface area contributed by atoms with Gasteiger partial charge < -0.3 is 25.3 Å². The number of nitrogens with zero attached hydrogens (tertiary/aromatic N) is 2. The predicted octanol–water partition coefficient (Wildman–Crippen LogP) is 3.95. The molecule has 0 fully saturated rings. The molecule has 0 saturated carbocycles. The van der Waals surface area contributed by atoms with E-state index >= 15 is 0 Å². The van der Waals surface area contributed by atoms with E-state index < -0.39 is 23.2 Å². The molecule has 3 rings (SSSR count). The first-order valence-corrected chi connectivity index (χ1v) is 8.79. The Morgan fingerprint density at radius 2 is 1.83 bits per heavy atom. The Kier molecular flexibility index (Phi) is 5.69. The first kappa shape index (κ1) is 20.5. The summed E-state index contributed by atoms with van der Waals surface area (Å²) in [5.41, 5.74) is 6.85. The van der Waals surface area contributed by atoms with Crippen LogP contribution in [0, 0.1) is 24.4 Å². The molecule has 9 heteroatoms. The fourth-order valence-corrected chi connectivity index (χ4v) is 3.13. The molecule has 0 atom stereocenters. The highest BCUT2D eigenvalue weighted by molar-refractivity contribution is 5.99. The number of aromatic nitrogens is 1. The number of hydrogen-bond donors (Lipinski definition) is 3. The molecule has 0 aliphatic heterocycles. The number of aromatic hydroxyl groups is 2. The SMILES string of the molecule is Cc1c(COc2c(F)cc(F)cc2F)c2c(O)c(N=CCCN)cc(O)c2n1C. The van der Waals surface area contributed by atoms with E-state index in [1.54, 1.807) is 18.5 Å². The van der Waals surface area contributed by atoms with Crippen LogP contribution in [0.15, 0.2) is 23.2 Å². The number of aliphatic imine (C=N–C) groups is 1. The number of phenols is 2. The van der Waals surface area contributed by atoms with Crippen molar-refractivity contribution >= 4 is 22.8 Å². The van der Waals surface area contributed by atoms with Crippen LogP contribution >= 0.6 is 0 Å². The Bertz CT molecular complexity index is 1090. The molecule has 0 saturated heterocycles. The average molecular weight is 407 g/mol. The summed E-state index contributed by atoms with van der Waals surface area (Å²) in [4.78, 5) is 4.12. The lowest BCUT2D eigenvalue weighted by molar-refractivity contribution is 0.272. The zero-order chi connectivity index (χ0) is 21.3. The Morgan fingerprint density at radius 1 is 1.17 bits per heavy atom. The fourth-order valence-electron chi connectivity index (χ4n) is 3.13. The van der Waals surface area contributed by atoms with Crippen LogP contribution in [0.3, 0.4) is 0 Å². The lowest BCUT2D eigenvalue weighted by atomic mass is 10.1. The monoisotopic (exact) mass is 407 g/mol. The van der Waals surface area contributed by atoms with Crippen LogP contribution in [0.4, 0.5) is 18.9 Å². The molecule has 0 aliphatic carbocycles. The summed E-state index contributed by atoms with van der Waals surface area (Å²) >= 11 is 0. The molecule has 0 unspecified atom stereocenters. The van der Waals surface area contributed by atoms with E-state index in [1.807, 2.05) is 0 Å². The lowest BCUT2D eigenvalue weighted by Gasteiger charge is -2.10. The summed E-state index contributed by atoms with van der Waals surface area (Å²) < 4.78 is 47.8. The molecule has 3 aromatic rings. The van der Waals surface area contributed by atoms with Gasteiger partial charge >= 0.3 is 0 Å². The van der Waals surface area contributed by atoms with E-state index in [9.17, 15) is 23.4 Å². The number of hydrogen-bond acceptors (Lipinski definition) is 5. The number of phenolic OH excluding ortho intramolecular Hbond substituents is 2. The molecule has 29 heavy (non-hydrogen) atoms. The van der Waals surface area contributed by atoms with E-state index in [-0.39, 0.29) is 29.2 Å². The fraction of sp³-hybridized carbons (Fsp3) is 0.250. The van der Waals surface area contributed by atoms with Crippen molar-refractivity contribution in [1.29, 1.82) is 0 Å². The topological polar surface area (TPSA) is 93.0 Å². The van der Waals surface area contributed by atoms with Gasteiger partial charge in [0.05, 0.1) is 10.9 Å². The third kappa shape index (κ3) is 3.73. The van der Waals surface area contributed by atoms with Crippen molar-refractivity contribution in [2.75, 3.05) is 6.54 Å². The van der Waals surface area contributed by atoms with E-state index in [0.29, 0.717) is 41.9 Å². The van der Waals surface area contributed by atoms with Gasteiger partial charge in [0.1, 0.15) is 23.9 Å². The molecule has 1 heterocycles. The second-order valence-electron chi connectivity index (χ2n) is 6.49. The summed E-state index contributed by atoms with van der Waals surface area (Å²) in [5.74, 6) is -4.50. The van der Waals surface area contributed by atoms with Gasteiger partial charge in [-0.05, 0) is 19.9 Å². The minimum Gasteiger partial charge on any atom is -0.506 e. The Labute approximate surface area is 164 Å². The molecule has 4 N–H and O–H groups in total. The van der Waals surface area contributed by atoms with E-state index in [2.05, 4.69) is 4.99 Å². The van der Waals surface area contributed by atoms with Crippen molar-refractivity contribution < 1.29 is 28.1 Å². The van der Waals surface area contributed by atoms with Crippen LogP contribution in [0.1, 0.15) is 17.7 Å². The molecule has 2 aromatic carbocycles. The van der Waals surface area contributed by atoms with Gasteiger partial charge in [0.2, 0.25) is 0 Å². The maximum absolute atomic E-state index is 13.9. The first-order chi connectivity index (χ1) is 13.8. The van der Waals surface area contributed by atoms with Gasteiger partial charge in [-0.3, -0.25) is 4.99 Å². The van der Waals surface area contributed by atoms with E-state index in [1.165, 1.54) is 12.3 Å². The average Bonchev–Trinajstić information content (AvgIpc) is 2.90. The Morgan fingerprint density at radius 3 is 2.45 bits per heavy atom. The van der Waals surface area contributed by atoms with Gasteiger partial charge in [-0.15, -0.1) is 0 Å². The van der Waals surface area contributed by atoms with Gasteiger partial charge in [-0.2, -0.15) is 0 Å². The quantitative estimate of drug-likeness (QED) is 0.426. The van der Waals surface area contributed by atoms with Crippen molar-refractivity contribution in [2.24, 2.45) is 17.8 Å². The van der Waals surface area contributed by atoms with E-state index in [4.69, 9.17) is 10.5 Å². The zero-order valence-electron chi connectivity index (χ0n) is 15.8. The van der Waals surface area contributed by atoms with Crippen LogP contribution in [-0.2, 0) is 13.7 Å². The number of fused-ring (bicyclic) bond motifs is 1. The highest BCUT2D eigenvalue weighted by atomic mass is 19.1. The van der Waals surface area contributed by atoms with Crippen LogP contribution in [-0.4, -0.2) is 27.5 Å². The Hall–Kier alpha value is -3.20. The van der Waals surface area contributed by atoms with Crippen molar-refractivity contribution in [1.82, 2.24) is 4.57 Å².